The summed E-state index contributed by atoms with van der Waals surface area (Å²) in [6, 6.07) is 0. The van der Waals surface area contributed by atoms with Gasteiger partial charge in [-0.15, -0.1) is 0 Å². The van der Waals surface area contributed by atoms with Gasteiger partial charge in [0.25, 0.3) is 0 Å². The molecule has 1 N–H and O–H groups in total. The Morgan fingerprint density at radius 3 is 2.71 bits per heavy atom. The lowest BCUT2D eigenvalue weighted by atomic mass is 9.76. The lowest BCUT2D eigenvalue weighted by Crippen LogP contribution is -2.46. The smallest absolute Gasteiger partial charge is 0.311 e. The molecule has 0 aliphatic heterocycles. The first kappa shape index (κ1) is 14.5. The number of hydrogen-bond acceptors (Lipinski definition) is 3. The fourth-order valence-electron chi connectivity index (χ4n) is 3.21. The van der Waals surface area contributed by atoms with Crippen LogP contribution in [-0.2, 0) is 9.53 Å². The summed E-state index contributed by atoms with van der Waals surface area (Å²) in [5, 5.41) is 10.8. The highest BCUT2D eigenvalue weighted by Gasteiger charge is 2.49. The molecule has 0 radical (unpaired) electrons. The van der Waals surface area contributed by atoms with Crippen LogP contribution in [0.3, 0.4) is 0 Å². The summed E-state index contributed by atoms with van der Waals surface area (Å²) in [5.74, 6) is -0.291. The topological polar surface area (TPSA) is 46.5 Å². The predicted octanol–water partition coefficient (Wildman–Crippen LogP) is 2.91. The fraction of sp³-hybridized carbons (Fsp3) is 0.929. The van der Waals surface area contributed by atoms with Gasteiger partial charge in [-0.2, -0.15) is 0 Å². The quantitative estimate of drug-likeness (QED) is 0.728. The minimum absolute atomic E-state index is 0.211. The Labute approximate surface area is 105 Å². The summed E-state index contributed by atoms with van der Waals surface area (Å²) in [7, 11) is 0. The van der Waals surface area contributed by atoms with Crippen molar-refractivity contribution in [3.8, 4) is 0 Å². The second kappa shape index (κ2) is 6.39. The van der Waals surface area contributed by atoms with Gasteiger partial charge in [0.15, 0.2) is 0 Å². The van der Waals surface area contributed by atoms with E-state index in [-0.39, 0.29) is 17.8 Å². The Morgan fingerprint density at radius 2 is 2.18 bits per heavy atom. The number of rotatable bonds is 6. The van der Waals surface area contributed by atoms with E-state index in [1.54, 1.807) is 0 Å². The van der Waals surface area contributed by atoms with Crippen LogP contribution >= 0.6 is 0 Å². The molecule has 0 amide bonds. The summed E-state index contributed by atoms with van der Waals surface area (Å²) in [6.07, 6.45) is 5.38. The highest BCUT2D eigenvalue weighted by molar-refractivity contribution is 5.74. The van der Waals surface area contributed by atoms with E-state index in [0.29, 0.717) is 6.61 Å². The van der Waals surface area contributed by atoms with Gasteiger partial charge in [-0.1, -0.05) is 33.1 Å². The van der Waals surface area contributed by atoms with Gasteiger partial charge in [0.1, 0.15) is 0 Å². The van der Waals surface area contributed by atoms with Crippen LogP contribution in [0.5, 0.6) is 0 Å². The second-order valence-corrected chi connectivity index (χ2v) is 5.08. The molecule has 0 bridgehead atoms. The summed E-state index contributed by atoms with van der Waals surface area (Å²) in [5.41, 5.74) is -0.822. The van der Waals surface area contributed by atoms with Crippen molar-refractivity contribution >= 4 is 5.97 Å². The summed E-state index contributed by atoms with van der Waals surface area (Å²) in [6.45, 7) is 6.35. The van der Waals surface area contributed by atoms with Crippen molar-refractivity contribution in [3.05, 3.63) is 0 Å². The highest BCUT2D eigenvalue weighted by atomic mass is 16.5. The minimum atomic E-state index is -0.822. The zero-order valence-corrected chi connectivity index (χ0v) is 11.4. The molecule has 0 spiro atoms. The van der Waals surface area contributed by atoms with Crippen molar-refractivity contribution in [1.29, 1.82) is 0 Å². The Balaban J connectivity index is 2.84. The van der Waals surface area contributed by atoms with Crippen molar-refractivity contribution in [2.24, 2.45) is 11.8 Å². The molecular weight excluding hydrogens is 216 g/mol. The maximum atomic E-state index is 12.0. The molecule has 17 heavy (non-hydrogen) atoms. The molecule has 3 unspecified atom stereocenters. The van der Waals surface area contributed by atoms with E-state index in [1.807, 2.05) is 13.8 Å². The third-order valence-corrected chi connectivity index (χ3v) is 4.08. The van der Waals surface area contributed by atoms with Crippen LogP contribution in [-0.4, -0.2) is 23.3 Å². The van der Waals surface area contributed by atoms with Gasteiger partial charge >= 0.3 is 5.97 Å². The molecule has 0 aromatic heterocycles. The number of carbonyl (C=O) groups is 1. The van der Waals surface area contributed by atoms with Gasteiger partial charge in [0.05, 0.1) is 18.1 Å². The molecule has 1 fully saturated rings. The van der Waals surface area contributed by atoms with Gasteiger partial charge in [-0.3, -0.25) is 4.79 Å². The summed E-state index contributed by atoms with van der Waals surface area (Å²) >= 11 is 0. The van der Waals surface area contributed by atoms with Crippen molar-refractivity contribution in [2.45, 2.75) is 64.9 Å². The van der Waals surface area contributed by atoms with Crippen LogP contribution < -0.4 is 0 Å². The molecule has 3 heteroatoms. The molecule has 0 aromatic rings. The van der Waals surface area contributed by atoms with Crippen LogP contribution in [0.15, 0.2) is 0 Å². The van der Waals surface area contributed by atoms with E-state index in [4.69, 9.17) is 4.74 Å². The molecule has 0 aromatic carbocycles. The van der Waals surface area contributed by atoms with Crippen LogP contribution in [0, 0.1) is 11.8 Å². The van der Waals surface area contributed by atoms with Gasteiger partial charge in [-0.25, -0.2) is 0 Å². The van der Waals surface area contributed by atoms with E-state index in [2.05, 4.69) is 6.92 Å². The standard InChI is InChI=1S/C14H26O3/c1-4-8-12(13(15)17-6-3)14(16)10-7-9-11(14)5-2/h11-12,16H,4-10H2,1-3H3. The Kier molecular flexibility index (Phi) is 5.44. The summed E-state index contributed by atoms with van der Waals surface area (Å²) in [4.78, 5) is 12.0. The van der Waals surface area contributed by atoms with Crippen molar-refractivity contribution in [1.82, 2.24) is 0 Å². The Morgan fingerprint density at radius 1 is 1.47 bits per heavy atom. The van der Waals surface area contributed by atoms with Crippen molar-refractivity contribution in [2.75, 3.05) is 6.61 Å². The maximum absolute atomic E-state index is 12.0. The molecule has 1 aliphatic carbocycles. The van der Waals surface area contributed by atoms with E-state index >= 15 is 0 Å². The first-order chi connectivity index (χ1) is 8.10. The molecule has 0 saturated heterocycles. The number of hydrogen-bond donors (Lipinski definition) is 1. The van der Waals surface area contributed by atoms with Crippen LogP contribution in [0.4, 0.5) is 0 Å². The van der Waals surface area contributed by atoms with Crippen LogP contribution in [0.25, 0.3) is 0 Å². The molecule has 1 rings (SSSR count). The molecule has 100 valence electrons. The first-order valence-corrected chi connectivity index (χ1v) is 6.99. The minimum Gasteiger partial charge on any atom is -0.466 e. The van der Waals surface area contributed by atoms with Crippen LogP contribution in [0.1, 0.15) is 59.3 Å². The van der Waals surface area contributed by atoms with Gasteiger partial charge in [-0.05, 0) is 32.1 Å². The molecule has 3 atom stereocenters. The van der Waals surface area contributed by atoms with Crippen molar-refractivity contribution in [3.63, 3.8) is 0 Å². The largest absolute Gasteiger partial charge is 0.466 e. The molecule has 1 aliphatic rings. The lowest BCUT2D eigenvalue weighted by Gasteiger charge is -2.36. The average molecular weight is 242 g/mol. The monoisotopic (exact) mass is 242 g/mol. The molecule has 1 saturated carbocycles. The Hall–Kier alpha value is -0.570. The highest BCUT2D eigenvalue weighted by Crippen LogP contribution is 2.44. The first-order valence-electron chi connectivity index (χ1n) is 6.99. The third-order valence-electron chi connectivity index (χ3n) is 4.08. The molecule has 3 nitrogen and oxygen atoms in total. The maximum Gasteiger partial charge on any atom is 0.311 e. The third kappa shape index (κ3) is 3.01. The van der Waals surface area contributed by atoms with Gasteiger partial charge in [0.2, 0.25) is 0 Å². The fourth-order valence-corrected chi connectivity index (χ4v) is 3.21. The normalized spacial score (nSPS) is 30.2. The van der Waals surface area contributed by atoms with E-state index < -0.39 is 5.60 Å². The average Bonchev–Trinajstić information content (AvgIpc) is 2.68. The van der Waals surface area contributed by atoms with Gasteiger partial charge < -0.3 is 9.84 Å². The van der Waals surface area contributed by atoms with E-state index in [0.717, 1.165) is 38.5 Å². The van der Waals surface area contributed by atoms with E-state index in [1.165, 1.54) is 0 Å². The lowest BCUT2D eigenvalue weighted by molar-refractivity contribution is -0.162. The summed E-state index contributed by atoms with van der Waals surface area (Å²) < 4.78 is 5.13. The zero-order chi connectivity index (χ0) is 12.9. The number of esters is 1. The number of ether oxygens (including phenoxy) is 1. The van der Waals surface area contributed by atoms with Crippen LogP contribution in [0.2, 0.25) is 0 Å². The number of carbonyl (C=O) groups excluding carboxylic acids is 1. The van der Waals surface area contributed by atoms with E-state index in [9.17, 15) is 9.90 Å². The Bertz CT molecular complexity index is 252. The number of aliphatic hydroxyl groups is 1. The predicted molar refractivity (Wildman–Crippen MR) is 67.6 cm³/mol. The van der Waals surface area contributed by atoms with Gasteiger partial charge in [0, 0.05) is 0 Å². The SMILES string of the molecule is CCCC(C(=O)OCC)C1(O)CCCC1CC. The molecule has 0 heterocycles. The zero-order valence-electron chi connectivity index (χ0n) is 11.4. The molecular formula is C14H26O3. The van der Waals surface area contributed by atoms with Crippen molar-refractivity contribution < 1.29 is 14.6 Å². The second-order valence-electron chi connectivity index (χ2n) is 5.08.